The molecule has 0 spiro atoms. The molecule has 2 aromatic carbocycles. The summed E-state index contributed by atoms with van der Waals surface area (Å²) < 4.78 is 0. The highest BCUT2D eigenvalue weighted by Gasteiger charge is 2.19. The summed E-state index contributed by atoms with van der Waals surface area (Å²) in [5.41, 5.74) is 3.59. The van der Waals surface area contributed by atoms with Crippen molar-refractivity contribution in [1.29, 1.82) is 0 Å². The van der Waals surface area contributed by atoms with Gasteiger partial charge in [-0.3, -0.25) is 4.79 Å². The first-order valence-electron chi connectivity index (χ1n) is 6.39. The highest BCUT2D eigenvalue weighted by molar-refractivity contribution is 9.10. The van der Waals surface area contributed by atoms with E-state index in [9.17, 15) is 4.79 Å². The molecule has 0 saturated heterocycles. The van der Waals surface area contributed by atoms with Crippen molar-refractivity contribution in [3.63, 3.8) is 0 Å². The first-order chi connectivity index (χ1) is 9.09. The maximum absolute atomic E-state index is 11.4. The molecule has 0 bridgehead atoms. The van der Waals surface area contributed by atoms with E-state index in [0.29, 0.717) is 0 Å². The van der Waals surface area contributed by atoms with Gasteiger partial charge < -0.3 is 0 Å². The van der Waals surface area contributed by atoms with E-state index in [1.54, 1.807) is 6.92 Å². The van der Waals surface area contributed by atoms with E-state index in [-0.39, 0.29) is 16.5 Å². The minimum atomic E-state index is -0.116. The van der Waals surface area contributed by atoms with Crippen LogP contribution in [0.25, 0.3) is 11.1 Å². The second kappa shape index (κ2) is 6.16. The molecule has 0 aromatic heterocycles. The third kappa shape index (κ3) is 3.32. The van der Waals surface area contributed by atoms with E-state index in [0.717, 1.165) is 0 Å². The Balaban J connectivity index is 2.22. The summed E-state index contributed by atoms with van der Waals surface area (Å²) in [4.78, 5) is 11.3. The van der Waals surface area contributed by atoms with Crippen LogP contribution in [-0.2, 0) is 4.79 Å². The van der Waals surface area contributed by atoms with Gasteiger partial charge in [0, 0.05) is 5.92 Å². The average molecular weight is 317 g/mol. The Morgan fingerprint density at radius 2 is 1.47 bits per heavy atom. The monoisotopic (exact) mass is 316 g/mol. The molecule has 0 saturated carbocycles. The van der Waals surface area contributed by atoms with E-state index < -0.39 is 0 Å². The molecule has 0 amide bonds. The molecule has 1 nitrogen and oxygen atoms in total. The van der Waals surface area contributed by atoms with Gasteiger partial charge in [-0.15, -0.1) is 0 Å². The zero-order valence-corrected chi connectivity index (χ0v) is 12.7. The van der Waals surface area contributed by atoms with Gasteiger partial charge in [-0.05, 0) is 23.6 Å². The standard InChI is InChI=1S/C17H17BrO/c1-12(17(18)13(2)19)14-8-10-16(11-9-14)15-6-4-3-5-7-15/h3-12,17H,1-2H3. The van der Waals surface area contributed by atoms with E-state index in [1.165, 1.54) is 16.7 Å². The summed E-state index contributed by atoms with van der Waals surface area (Å²) in [6, 6.07) is 18.7. The van der Waals surface area contributed by atoms with Crippen LogP contribution in [0.2, 0.25) is 0 Å². The van der Waals surface area contributed by atoms with Gasteiger partial charge >= 0.3 is 0 Å². The normalized spacial score (nSPS) is 13.8. The van der Waals surface area contributed by atoms with Gasteiger partial charge in [-0.1, -0.05) is 77.5 Å². The molecule has 0 radical (unpaired) electrons. The number of benzene rings is 2. The molecular weight excluding hydrogens is 300 g/mol. The SMILES string of the molecule is CC(=O)C(Br)C(C)c1ccc(-c2ccccc2)cc1. The summed E-state index contributed by atoms with van der Waals surface area (Å²) in [5, 5.41) is 0. The summed E-state index contributed by atoms with van der Waals surface area (Å²) in [6.07, 6.45) is 0. The van der Waals surface area contributed by atoms with Crippen LogP contribution < -0.4 is 0 Å². The van der Waals surface area contributed by atoms with Crippen molar-refractivity contribution >= 4 is 21.7 Å². The smallest absolute Gasteiger partial charge is 0.144 e. The first kappa shape index (κ1) is 14.0. The molecule has 0 aliphatic rings. The average Bonchev–Trinajstić information content (AvgIpc) is 2.46. The number of hydrogen-bond acceptors (Lipinski definition) is 1. The fourth-order valence-corrected chi connectivity index (χ4v) is 2.44. The van der Waals surface area contributed by atoms with Crippen LogP contribution >= 0.6 is 15.9 Å². The molecule has 2 rings (SSSR count). The molecule has 2 unspecified atom stereocenters. The Labute approximate surface area is 122 Å². The zero-order valence-electron chi connectivity index (χ0n) is 11.1. The van der Waals surface area contributed by atoms with Gasteiger partial charge in [0.1, 0.15) is 5.78 Å². The van der Waals surface area contributed by atoms with Crippen LogP contribution in [0.5, 0.6) is 0 Å². The topological polar surface area (TPSA) is 17.1 Å². The number of hydrogen-bond donors (Lipinski definition) is 0. The summed E-state index contributed by atoms with van der Waals surface area (Å²) in [7, 11) is 0. The molecule has 0 aliphatic heterocycles. The molecular formula is C17H17BrO. The Morgan fingerprint density at radius 1 is 0.947 bits per heavy atom. The third-order valence-electron chi connectivity index (χ3n) is 3.37. The Hall–Kier alpha value is -1.41. The maximum Gasteiger partial charge on any atom is 0.144 e. The van der Waals surface area contributed by atoms with Crippen molar-refractivity contribution in [3.8, 4) is 11.1 Å². The van der Waals surface area contributed by atoms with Gasteiger partial charge in [0.05, 0.1) is 4.83 Å². The maximum atomic E-state index is 11.4. The molecule has 0 N–H and O–H groups in total. The van der Waals surface area contributed by atoms with E-state index in [1.807, 2.05) is 18.2 Å². The second-order valence-electron chi connectivity index (χ2n) is 4.79. The summed E-state index contributed by atoms with van der Waals surface area (Å²) in [6.45, 7) is 3.69. The largest absolute Gasteiger partial charge is 0.299 e. The number of carbonyl (C=O) groups is 1. The van der Waals surface area contributed by atoms with Gasteiger partial charge in [-0.25, -0.2) is 0 Å². The lowest BCUT2D eigenvalue weighted by atomic mass is 9.94. The highest BCUT2D eigenvalue weighted by atomic mass is 79.9. The second-order valence-corrected chi connectivity index (χ2v) is 5.78. The van der Waals surface area contributed by atoms with Crippen molar-refractivity contribution in [1.82, 2.24) is 0 Å². The van der Waals surface area contributed by atoms with Crippen LogP contribution in [0.15, 0.2) is 54.6 Å². The van der Waals surface area contributed by atoms with Gasteiger partial charge in [-0.2, -0.15) is 0 Å². The van der Waals surface area contributed by atoms with Gasteiger partial charge in [0.2, 0.25) is 0 Å². The van der Waals surface area contributed by atoms with Gasteiger partial charge in [0.15, 0.2) is 0 Å². The number of alkyl halides is 1. The molecule has 0 aliphatic carbocycles. The minimum Gasteiger partial charge on any atom is -0.299 e. The fourth-order valence-electron chi connectivity index (χ4n) is 2.13. The predicted octanol–water partition coefficient (Wildman–Crippen LogP) is 4.81. The van der Waals surface area contributed by atoms with Crippen molar-refractivity contribution in [2.75, 3.05) is 0 Å². The number of halogens is 1. The van der Waals surface area contributed by atoms with E-state index in [2.05, 4.69) is 59.3 Å². The quantitative estimate of drug-likeness (QED) is 0.740. The van der Waals surface area contributed by atoms with E-state index >= 15 is 0 Å². The van der Waals surface area contributed by atoms with Crippen molar-refractivity contribution in [2.24, 2.45) is 0 Å². The lowest BCUT2D eigenvalue weighted by molar-refractivity contribution is -0.116. The van der Waals surface area contributed by atoms with Crippen LogP contribution in [0.1, 0.15) is 25.3 Å². The number of rotatable bonds is 4. The fraction of sp³-hybridized carbons (Fsp3) is 0.235. The van der Waals surface area contributed by atoms with Crippen LogP contribution in [0.3, 0.4) is 0 Å². The summed E-state index contributed by atoms with van der Waals surface area (Å²) in [5.74, 6) is 0.349. The lowest BCUT2D eigenvalue weighted by Gasteiger charge is -2.16. The molecule has 19 heavy (non-hydrogen) atoms. The number of carbonyl (C=O) groups excluding carboxylic acids is 1. The predicted molar refractivity (Wildman–Crippen MR) is 83.7 cm³/mol. The number of ketones is 1. The van der Waals surface area contributed by atoms with Crippen LogP contribution in [0.4, 0.5) is 0 Å². The molecule has 2 heteroatoms. The lowest BCUT2D eigenvalue weighted by Crippen LogP contribution is -2.17. The molecule has 0 fully saturated rings. The van der Waals surface area contributed by atoms with Crippen molar-refractivity contribution in [2.45, 2.75) is 24.6 Å². The summed E-state index contributed by atoms with van der Waals surface area (Å²) >= 11 is 3.46. The van der Waals surface area contributed by atoms with Crippen LogP contribution in [-0.4, -0.2) is 10.6 Å². The van der Waals surface area contributed by atoms with Gasteiger partial charge in [0.25, 0.3) is 0 Å². The van der Waals surface area contributed by atoms with Crippen molar-refractivity contribution in [3.05, 3.63) is 60.2 Å². The van der Waals surface area contributed by atoms with Crippen molar-refractivity contribution < 1.29 is 4.79 Å². The highest BCUT2D eigenvalue weighted by Crippen LogP contribution is 2.27. The Kier molecular flexibility index (Phi) is 4.54. The van der Waals surface area contributed by atoms with Crippen LogP contribution in [0, 0.1) is 0 Å². The Morgan fingerprint density at radius 3 is 2.00 bits per heavy atom. The molecule has 2 aromatic rings. The third-order valence-corrected chi connectivity index (χ3v) is 4.81. The zero-order chi connectivity index (χ0) is 13.8. The molecule has 2 atom stereocenters. The first-order valence-corrected chi connectivity index (χ1v) is 7.31. The molecule has 0 heterocycles. The Bertz CT molecular complexity index is 545. The minimum absolute atomic E-state index is 0.116. The molecule has 98 valence electrons. The van der Waals surface area contributed by atoms with E-state index in [4.69, 9.17) is 0 Å². The number of Topliss-reactive ketones (excluding diaryl/α,β-unsaturated/α-hetero) is 1.